The zero-order valence-electron chi connectivity index (χ0n) is 7.78. The van der Waals surface area contributed by atoms with Gasteiger partial charge < -0.3 is 10.5 Å². The second-order valence-corrected chi connectivity index (χ2v) is 2.73. The van der Waals surface area contributed by atoms with Crippen LogP contribution in [0.4, 0.5) is 5.69 Å². The Labute approximate surface area is 76.5 Å². The number of hydrogen-bond donors (Lipinski definition) is 1. The van der Waals surface area contributed by atoms with Gasteiger partial charge in [-0.15, -0.1) is 0 Å². The SMILES string of the molecule is COC(=O)CCn1ncc(N)c1C. The maximum Gasteiger partial charge on any atom is 0.307 e. The second kappa shape index (κ2) is 3.93. The van der Waals surface area contributed by atoms with Crippen molar-refractivity contribution in [2.75, 3.05) is 12.8 Å². The molecule has 13 heavy (non-hydrogen) atoms. The molecule has 0 atom stereocenters. The highest BCUT2D eigenvalue weighted by molar-refractivity contribution is 5.69. The molecule has 5 heteroatoms. The van der Waals surface area contributed by atoms with Crippen LogP contribution in [0.15, 0.2) is 6.20 Å². The summed E-state index contributed by atoms with van der Waals surface area (Å²) in [7, 11) is 1.37. The van der Waals surface area contributed by atoms with E-state index in [0.717, 1.165) is 5.69 Å². The van der Waals surface area contributed by atoms with Crippen LogP contribution in [-0.2, 0) is 16.1 Å². The maximum atomic E-state index is 10.8. The number of nitrogen functional groups attached to an aromatic ring is 1. The maximum absolute atomic E-state index is 10.8. The number of ether oxygens (including phenoxy) is 1. The Morgan fingerprint density at radius 2 is 2.46 bits per heavy atom. The van der Waals surface area contributed by atoms with Crippen molar-refractivity contribution in [3.8, 4) is 0 Å². The van der Waals surface area contributed by atoms with E-state index in [-0.39, 0.29) is 5.97 Å². The van der Waals surface area contributed by atoms with Crippen molar-refractivity contribution in [2.24, 2.45) is 0 Å². The van der Waals surface area contributed by atoms with Crippen LogP contribution in [0.3, 0.4) is 0 Å². The lowest BCUT2D eigenvalue weighted by Crippen LogP contribution is -2.09. The predicted octanol–water partition coefficient (Wildman–Crippen LogP) is 0.337. The first-order valence-corrected chi connectivity index (χ1v) is 4.00. The zero-order valence-corrected chi connectivity index (χ0v) is 7.78. The molecule has 2 N–H and O–H groups in total. The van der Waals surface area contributed by atoms with Gasteiger partial charge in [-0.1, -0.05) is 0 Å². The number of nitrogens with two attached hydrogens (primary N) is 1. The highest BCUT2D eigenvalue weighted by atomic mass is 16.5. The summed E-state index contributed by atoms with van der Waals surface area (Å²) in [4.78, 5) is 10.8. The molecule has 0 aliphatic rings. The Kier molecular flexibility index (Phi) is 2.89. The van der Waals surface area contributed by atoms with E-state index in [2.05, 4.69) is 9.84 Å². The van der Waals surface area contributed by atoms with Crippen LogP contribution in [0.2, 0.25) is 0 Å². The van der Waals surface area contributed by atoms with E-state index in [1.54, 1.807) is 10.9 Å². The van der Waals surface area contributed by atoms with Crippen molar-refractivity contribution in [1.82, 2.24) is 9.78 Å². The van der Waals surface area contributed by atoms with Gasteiger partial charge in [0.1, 0.15) is 0 Å². The second-order valence-electron chi connectivity index (χ2n) is 2.73. The number of anilines is 1. The minimum absolute atomic E-state index is 0.242. The number of hydrogen-bond acceptors (Lipinski definition) is 4. The highest BCUT2D eigenvalue weighted by Gasteiger charge is 2.05. The average molecular weight is 183 g/mol. The number of aryl methyl sites for hydroxylation is 1. The van der Waals surface area contributed by atoms with E-state index in [0.29, 0.717) is 18.7 Å². The predicted molar refractivity (Wildman–Crippen MR) is 48.0 cm³/mol. The summed E-state index contributed by atoms with van der Waals surface area (Å²) in [6, 6.07) is 0. The van der Waals surface area contributed by atoms with Gasteiger partial charge in [0.2, 0.25) is 0 Å². The van der Waals surface area contributed by atoms with Gasteiger partial charge in [0.05, 0.1) is 37.7 Å². The standard InChI is InChI=1S/C8H13N3O2/c1-6-7(9)5-10-11(6)4-3-8(12)13-2/h5H,3-4,9H2,1-2H3. The fourth-order valence-corrected chi connectivity index (χ4v) is 0.986. The molecule has 5 nitrogen and oxygen atoms in total. The summed E-state index contributed by atoms with van der Waals surface area (Å²) in [6.45, 7) is 2.37. The number of methoxy groups -OCH3 is 1. The molecule has 72 valence electrons. The smallest absolute Gasteiger partial charge is 0.307 e. The van der Waals surface area contributed by atoms with Crippen LogP contribution in [0, 0.1) is 6.92 Å². The number of esters is 1. The van der Waals surface area contributed by atoms with Gasteiger partial charge in [0.15, 0.2) is 0 Å². The van der Waals surface area contributed by atoms with Gasteiger partial charge >= 0.3 is 5.97 Å². The van der Waals surface area contributed by atoms with E-state index in [9.17, 15) is 4.79 Å². The van der Waals surface area contributed by atoms with Gasteiger partial charge in [-0.2, -0.15) is 5.10 Å². The molecule has 0 unspecified atom stereocenters. The number of rotatable bonds is 3. The molecular weight excluding hydrogens is 170 g/mol. The van der Waals surface area contributed by atoms with Crippen LogP contribution < -0.4 is 5.73 Å². The zero-order chi connectivity index (χ0) is 9.84. The number of carbonyl (C=O) groups excluding carboxylic acids is 1. The summed E-state index contributed by atoms with van der Waals surface area (Å²) in [5, 5.41) is 4.01. The molecule has 1 aromatic heterocycles. The molecule has 0 aliphatic heterocycles. The molecule has 0 spiro atoms. The van der Waals surface area contributed by atoms with E-state index in [1.807, 2.05) is 6.92 Å². The van der Waals surface area contributed by atoms with Gasteiger partial charge in [0, 0.05) is 0 Å². The van der Waals surface area contributed by atoms with Crippen molar-refractivity contribution in [1.29, 1.82) is 0 Å². The summed E-state index contributed by atoms with van der Waals surface area (Å²) in [6.07, 6.45) is 1.89. The topological polar surface area (TPSA) is 70.1 Å². The first-order chi connectivity index (χ1) is 6.15. The lowest BCUT2D eigenvalue weighted by molar-refractivity contribution is -0.140. The van der Waals surface area contributed by atoms with Crippen molar-refractivity contribution in [2.45, 2.75) is 19.9 Å². The molecule has 1 aromatic rings. The van der Waals surface area contributed by atoms with Crippen LogP contribution in [0.1, 0.15) is 12.1 Å². The first kappa shape index (κ1) is 9.57. The number of aromatic nitrogens is 2. The highest BCUT2D eigenvalue weighted by Crippen LogP contribution is 2.08. The van der Waals surface area contributed by atoms with E-state index >= 15 is 0 Å². The summed E-state index contributed by atoms with van der Waals surface area (Å²) >= 11 is 0. The Balaban J connectivity index is 2.55. The van der Waals surface area contributed by atoms with Crippen molar-refractivity contribution >= 4 is 11.7 Å². The summed E-state index contributed by atoms with van der Waals surface area (Å²) < 4.78 is 6.19. The molecule has 0 fully saturated rings. The van der Waals surface area contributed by atoms with Crippen molar-refractivity contribution in [3.63, 3.8) is 0 Å². The quantitative estimate of drug-likeness (QED) is 0.686. The largest absolute Gasteiger partial charge is 0.469 e. The molecule has 0 bridgehead atoms. The lowest BCUT2D eigenvalue weighted by atomic mass is 10.4. The van der Waals surface area contributed by atoms with Crippen molar-refractivity contribution in [3.05, 3.63) is 11.9 Å². The molecule has 0 saturated carbocycles. The normalized spacial score (nSPS) is 10.0. The fourth-order valence-electron chi connectivity index (χ4n) is 0.986. The molecule has 1 rings (SSSR count). The summed E-state index contributed by atoms with van der Waals surface area (Å²) in [5.41, 5.74) is 7.10. The summed E-state index contributed by atoms with van der Waals surface area (Å²) in [5.74, 6) is -0.242. The van der Waals surface area contributed by atoms with Gasteiger partial charge in [-0.3, -0.25) is 9.48 Å². The molecule has 0 saturated heterocycles. The molecule has 0 amide bonds. The van der Waals surface area contributed by atoms with Crippen LogP contribution in [0.25, 0.3) is 0 Å². The van der Waals surface area contributed by atoms with Crippen molar-refractivity contribution < 1.29 is 9.53 Å². The monoisotopic (exact) mass is 183 g/mol. The number of carbonyl (C=O) groups is 1. The Morgan fingerprint density at radius 1 is 1.77 bits per heavy atom. The molecule has 0 aliphatic carbocycles. The van der Waals surface area contributed by atoms with Crippen LogP contribution >= 0.6 is 0 Å². The average Bonchev–Trinajstić information content (AvgIpc) is 2.44. The van der Waals surface area contributed by atoms with E-state index in [1.165, 1.54) is 7.11 Å². The van der Waals surface area contributed by atoms with Gasteiger partial charge in [-0.05, 0) is 6.92 Å². The third-order valence-corrected chi connectivity index (χ3v) is 1.90. The van der Waals surface area contributed by atoms with Gasteiger partial charge in [0.25, 0.3) is 0 Å². The van der Waals surface area contributed by atoms with Gasteiger partial charge in [-0.25, -0.2) is 0 Å². The van der Waals surface area contributed by atoms with E-state index < -0.39 is 0 Å². The van der Waals surface area contributed by atoms with Crippen LogP contribution in [0.5, 0.6) is 0 Å². The third-order valence-electron chi connectivity index (χ3n) is 1.90. The Hall–Kier alpha value is -1.52. The Morgan fingerprint density at radius 3 is 2.92 bits per heavy atom. The molecule has 1 heterocycles. The minimum Gasteiger partial charge on any atom is -0.469 e. The molecule has 0 aromatic carbocycles. The number of nitrogens with zero attached hydrogens (tertiary/aromatic N) is 2. The molecule has 0 radical (unpaired) electrons. The molecular formula is C8H13N3O2. The lowest BCUT2D eigenvalue weighted by Gasteiger charge is -2.02. The van der Waals surface area contributed by atoms with E-state index in [4.69, 9.17) is 5.73 Å². The van der Waals surface area contributed by atoms with Crippen LogP contribution in [-0.4, -0.2) is 22.9 Å². The fraction of sp³-hybridized carbons (Fsp3) is 0.500. The Bertz CT molecular complexity index is 306. The minimum atomic E-state index is -0.242. The first-order valence-electron chi connectivity index (χ1n) is 4.00. The third kappa shape index (κ3) is 2.21.